The maximum Gasteiger partial charge on any atom is 0.279 e. The lowest BCUT2D eigenvalue weighted by molar-refractivity contribution is -0.552. The molecule has 0 bridgehead atoms. The van der Waals surface area contributed by atoms with E-state index >= 15 is 0 Å². The van der Waals surface area contributed by atoms with Gasteiger partial charge >= 0.3 is 0 Å². The number of rotatable bonds is 1. The molecule has 0 spiro atoms. The Balaban J connectivity index is 3.27. The summed E-state index contributed by atoms with van der Waals surface area (Å²) >= 11 is 0. The van der Waals surface area contributed by atoms with Gasteiger partial charge in [-0.2, -0.15) is 0 Å². The van der Waals surface area contributed by atoms with Gasteiger partial charge in [0.2, 0.25) is 0 Å². The van der Waals surface area contributed by atoms with Crippen molar-refractivity contribution in [2.24, 2.45) is 0 Å². The highest BCUT2D eigenvalue weighted by Crippen LogP contribution is 2.01. The van der Waals surface area contributed by atoms with Crippen LogP contribution in [0.5, 0.6) is 0 Å². The zero-order valence-corrected chi connectivity index (χ0v) is 6.04. The minimum absolute atomic E-state index is 0.748. The third kappa shape index (κ3) is 1.00. The molecule has 0 aliphatic carbocycles. The van der Waals surface area contributed by atoms with Crippen molar-refractivity contribution >= 4 is 12.0 Å². The first kappa shape index (κ1) is 6.81. The number of nitrogens with zero attached hydrogens (tertiary/aromatic N) is 1. The quantitative estimate of drug-likeness (QED) is 0.571. The summed E-state index contributed by atoms with van der Waals surface area (Å²) in [5.41, 5.74) is 6.76. The summed E-state index contributed by atoms with van der Waals surface area (Å²) in [5.74, 6) is 0.748. The second-order valence-electron chi connectivity index (χ2n) is 2.17. The highest BCUT2D eigenvalue weighted by Gasteiger charge is 2.01. The Hall–Kier alpha value is -1.31. The molecule has 2 heteroatoms. The molecule has 1 aromatic heterocycles. The van der Waals surface area contributed by atoms with Crippen molar-refractivity contribution in [2.45, 2.75) is 6.92 Å². The van der Waals surface area contributed by atoms with Crippen molar-refractivity contribution in [1.82, 2.24) is 0 Å². The maximum absolute atomic E-state index is 5.68. The van der Waals surface area contributed by atoms with Crippen LogP contribution in [0.3, 0.4) is 0 Å². The van der Waals surface area contributed by atoms with Crippen LogP contribution in [0.15, 0.2) is 24.9 Å². The third-order valence-electron chi connectivity index (χ3n) is 1.47. The van der Waals surface area contributed by atoms with Gasteiger partial charge in [-0.25, -0.2) is 4.57 Å². The normalized spacial score (nSPS) is 9.30. The van der Waals surface area contributed by atoms with Crippen LogP contribution < -0.4 is 10.3 Å². The molecular weight excluding hydrogens is 124 g/mol. The molecule has 0 saturated heterocycles. The lowest BCUT2D eigenvalue weighted by atomic mass is 10.3. The Morgan fingerprint density at radius 2 is 2.40 bits per heavy atom. The Morgan fingerprint density at radius 3 is 2.90 bits per heavy atom. The lowest BCUT2D eigenvalue weighted by Crippen LogP contribution is -2.30. The van der Waals surface area contributed by atoms with E-state index in [0.717, 1.165) is 11.4 Å². The molecule has 0 radical (unpaired) electrons. The standard InChI is InChI=1S/C8H10N2/c1-3-10-6-4-5-7(2)8(10)9/h3-6,9H,1H2,2H3/p+1. The summed E-state index contributed by atoms with van der Waals surface area (Å²) in [6.45, 7) is 5.58. The van der Waals surface area contributed by atoms with E-state index in [1.165, 1.54) is 0 Å². The van der Waals surface area contributed by atoms with Gasteiger partial charge in [0.1, 0.15) is 0 Å². The van der Waals surface area contributed by atoms with Gasteiger partial charge in [0.25, 0.3) is 5.82 Å². The molecule has 1 aromatic rings. The number of nitrogens with two attached hydrogens (primary N) is 1. The van der Waals surface area contributed by atoms with E-state index in [4.69, 9.17) is 5.73 Å². The van der Waals surface area contributed by atoms with E-state index < -0.39 is 0 Å². The summed E-state index contributed by atoms with van der Waals surface area (Å²) in [6, 6.07) is 3.91. The van der Waals surface area contributed by atoms with Crippen LogP contribution in [0, 0.1) is 6.92 Å². The minimum atomic E-state index is 0.748. The Bertz CT molecular complexity index is 253. The fourth-order valence-corrected chi connectivity index (χ4v) is 0.809. The van der Waals surface area contributed by atoms with Crippen LogP contribution in [-0.2, 0) is 0 Å². The van der Waals surface area contributed by atoms with Gasteiger partial charge in [-0.05, 0) is 19.1 Å². The van der Waals surface area contributed by atoms with Crippen LogP contribution in [0.1, 0.15) is 5.56 Å². The molecule has 52 valence electrons. The SMILES string of the molecule is C=C[n+]1cccc(C)c1N. The monoisotopic (exact) mass is 135 g/mol. The Morgan fingerprint density at radius 1 is 1.70 bits per heavy atom. The first-order chi connectivity index (χ1) is 4.75. The van der Waals surface area contributed by atoms with Gasteiger partial charge in [0, 0.05) is 5.56 Å². The average Bonchev–Trinajstić information content (AvgIpc) is 1.95. The molecule has 0 saturated carbocycles. The Kier molecular flexibility index (Phi) is 1.71. The van der Waals surface area contributed by atoms with Gasteiger partial charge in [0.05, 0.1) is 12.4 Å². The van der Waals surface area contributed by atoms with E-state index in [9.17, 15) is 0 Å². The largest absolute Gasteiger partial charge is 0.286 e. The second-order valence-corrected chi connectivity index (χ2v) is 2.17. The summed E-state index contributed by atoms with van der Waals surface area (Å²) in [5, 5.41) is 0. The zero-order valence-electron chi connectivity index (χ0n) is 6.04. The average molecular weight is 135 g/mol. The van der Waals surface area contributed by atoms with E-state index in [0.29, 0.717) is 0 Å². The molecule has 0 fully saturated rings. The van der Waals surface area contributed by atoms with Crippen molar-refractivity contribution in [2.75, 3.05) is 5.73 Å². The number of nitrogen functional groups attached to an aromatic ring is 1. The van der Waals surface area contributed by atoms with Crippen LogP contribution in [0.4, 0.5) is 5.82 Å². The Labute approximate surface area is 60.6 Å². The van der Waals surface area contributed by atoms with Crippen molar-refractivity contribution in [3.63, 3.8) is 0 Å². The molecule has 0 amide bonds. The molecule has 0 aliphatic rings. The van der Waals surface area contributed by atoms with Crippen molar-refractivity contribution < 1.29 is 4.57 Å². The third-order valence-corrected chi connectivity index (χ3v) is 1.47. The molecule has 1 heterocycles. The first-order valence-corrected chi connectivity index (χ1v) is 3.14. The number of pyridine rings is 1. The second kappa shape index (κ2) is 2.52. The minimum Gasteiger partial charge on any atom is -0.286 e. The van der Waals surface area contributed by atoms with Crippen LogP contribution in [0.25, 0.3) is 6.20 Å². The van der Waals surface area contributed by atoms with Crippen LogP contribution in [0.2, 0.25) is 0 Å². The van der Waals surface area contributed by atoms with Crippen LogP contribution in [-0.4, -0.2) is 0 Å². The molecule has 2 N–H and O–H groups in total. The number of hydrogen-bond acceptors (Lipinski definition) is 1. The number of aryl methyl sites for hydroxylation is 1. The van der Waals surface area contributed by atoms with Gasteiger partial charge in [0.15, 0.2) is 0 Å². The predicted octanol–water partition coefficient (Wildman–Crippen LogP) is 0.965. The maximum atomic E-state index is 5.68. The van der Waals surface area contributed by atoms with Crippen molar-refractivity contribution in [1.29, 1.82) is 0 Å². The van der Waals surface area contributed by atoms with Crippen molar-refractivity contribution in [3.8, 4) is 0 Å². The summed E-state index contributed by atoms with van der Waals surface area (Å²) in [6.07, 6.45) is 3.55. The van der Waals surface area contributed by atoms with E-state index in [2.05, 4.69) is 6.58 Å². The zero-order chi connectivity index (χ0) is 7.56. The molecule has 0 atom stereocenters. The molecular formula is C8H11N2+. The summed E-state index contributed by atoms with van der Waals surface area (Å²) in [7, 11) is 0. The van der Waals surface area contributed by atoms with Gasteiger partial charge in [-0.15, -0.1) is 0 Å². The lowest BCUT2D eigenvalue weighted by Gasteiger charge is -1.96. The molecule has 10 heavy (non-hydrogen) atoms. The smallest absolute Gasteiger partial charge is 0.279 e. The van der Waals surface area contributed by atoms with Gasteiger partial charge in [-0.1, -0.05) is 6.58 Å². The van der Waals surface area contributed by atoms with Gasteiger partial charge < -0.3 is 0 Å². The molecule has 0 aliphatic heterocycles. The van der Waals surface area contributed by atoms with Gasteiger partial charge in [-0.3, -0.25) is 5.73 Å². The predicted molar refractivity (Wildman–Crippen MR) is 42.2 cm³/mol. The molecule has 1 rings (SSSR count). The van der Waals surface area contributed by atoms with E-state index in [1.807, 2.05) is 25.3 Å². The topological polar surface area (TPSA) is 29.9 Å². The first-order valence-electron chi connectivity index (χ1n) is 3.14. The fraction of sp³-hybridized carbons (Fsp3) is 0.125. The molecule has 2 nitrogen and oxygen atoms in total. The molecule has 0 unspecified atom stereocenters. The number of anilines is 1. The van der Waals surface area contributed by atoms with E-state index in [-0.39, 0.29) is 0 Å². The highest BCUT2D eigenvalue weighted by molar-refractivity contribution is 5.33. The summed E-state index contributed by atoms with van der Waals surface area (Å²) < 4.78 is 1.79. The van der Waals surface area contributed by atoms with Crippen LogP contribution >= 0.6 is 0 Å². The van der Waals surface area contributed by atoms with E-state index in [1.54, 1.807) is 10.8 Å². The fourth-order valence-electron chi connectivity index (χ4n) is 0.809. The molecule has 0 aromatic carbocycles. The van der Waals surface area contributed by atoms with Crippen molar-refractivity contribution in [3.05, 3.63) is 30.5 Å². The number of aromatic nitrogens is 1. The summed E-state index contributed by atoms with van der Waals surface area (Å²) in [4.78, 5) is 0. The number of hydrogen-bond donors (Lipinski definition) is 1. The highest BCUT2D eigenvalue weighted by atomic mass is 15.0.